The minimum atomic E-state index is -4.52. The van der Waals surface area contributed by atoms with E-state index in [0.717, 1.165) is 11.6 Å². The number of halogens is 3. The Labute approximate surface area is 124 Å². The molecule has 0 saturated carbocycles. The van der Waals surface area contributed by atoms with Crippen LogP contribution in [0.2, 0.25) is 0 Å². The first kappa shape index (κ1) is 15.4. The molecule has 2 rings (SSSR count). The molecular weight excluding hydrogens is 297 g/mol. The molecule has 0 aliphatic heterocycles. The number of hydrogen-bond acceptors (Lipinski definition) is 2. The molecule has 110 valence electrons. The van der Waals surface area contributed by atoms with Gasteiger partial charge in [0.05, 0.1) is 5.56 Å². The Bertz CT molecular complexity index is 639. The molecule has 0 aromatic heterocycles. The largest absolute Gasteiger partial charge is 0.417 e. The lowest BCUT2D eigenvalue weighted by molar-refractivity contribution is -0.137. The summed E-state index contributed by atoms with van der Waals surface area (Å²) in [6.07, 6.45) is -4.52. The van der Waals surface area contributed by atoms with E-state index in [1.807, 2.05) is 30.3 Å². The van der Waals surface area contributed by atoms with Gasteiger partial charge < -0.3 is 5.73 Å². The van der Waals surface area contributed by atoms with Crippen LogP contribution in [0.4, 0.5) is 13.2 Å². The van der Waals surface area contributed by atoms with Crippen LogP contribution in [0.15, 0.2) is 53.4 Å². The van der Waals surface area contributed by atoms with Gasteiger partial charge in [-0.1, -0.05) is 30.3 Å². The summed E-state index contributed by atoms with van der Waals surface area (Å²) in [5.74, 6) is -0.000634. The van der Waals surface area contributed by atoms with Crippen molar-refractivity contribution in [1.29, 1.82) is 5.41 Å². The number of hydrogen-bond donors (Lipinski definition) is 2. The van der Waals surface area contributed by atoms with Crippen molar-refractivity contribution in [3.63, 3.8) is 0 Å². The molecule has 0 radical (unpaired) electrons. The van der Waals surface area contributed by atoms with Crippen LogP contribution >= 0.6 is 11.8 Å². The van der Waals surface area contributed by atoms with Gasteiger partial charge in [-0.2, -0.15) is 13.2 Å². The predicted molar refractivity (Wildman–Crippen MR) is 78.5 cm³/mol. The van der Waals surface area contributed by atoms with Crippen molar-refractivity contribution in [2.24, 2.45) is 5.73 Å². The zero-order chi connectivity index (χ0) is 15.5. The molecule has 2 aromatic rings. The van der Waals surface area contributed by atoms with Gasteiger partial charge in [-0.3, -0.25) is 5.41 Å². The zero-order valence-electron chi connectivity index (χ0n) is 10.9. The summed E-state index contributed by atoms with van der Waals surface area (Å²) in [5, 5.41) is 7.23. The summed E-state index contributed by atoms with van der Waals surface area (Å²) in [7, 11) is 0. The second kappa shape index (κ2) is 6.22. The fourth-order valence-corrected chi connectivity index (χ4v) is 2.71. The second-order valence-corrected chi connectivity index (χ2v) is 5.44. The van der Waals surface area contributed by atoms with E-state index < -0.39 is 17.6 Å². The first-order valence-corrected chi connectivity index (χ1v) is 7.09. The number of rotatable bonds is 4. The van der Waals surface area contributed by atoms with Crippen molar-refractivity contribution < 1.29 is 13.2 Å². The molecular formula is C15H13F3N2S. The van der Waals surface area contributed by atoms with Gasteiger partial charge in [0.1, 0.15) is 5.84 Å². The predicted octanol–water partition coefficient (Wildman–Crippen LogP) is 4.28. The van der Waals surface area contributed by atoms with Crippen molar-refractivity contribution in [2.75, 3.05) is 0 Å². The van der Waals surface area contributed by atoms with Crippen LogP contribution in [0.5, 0.6) is 0 Å². The smallest absolute Gasteiger partial charge is 0.384 e. The molecule has 3 N–H and O–H groups in total. The Balaban J connectivity index is 2.24. The van der Waals surface area contributed by atoms with E-state index in [4.69, 9.17) is 11.1 Å². The molecule has 0 fully saturated rings. The molecule has 2 aromatic carbocycles. The van der Waals surface area contributed by atoms with Crippen molar-refractivity contribution in [2.45, 2.75) is 16.8 Å². The van der Waals surface area contributed by atoms with Gasteiger partial charge in [-0.15, -0.1) is 11.8 Å². The maximum Gasteiger partial charge on any atom is 0.417 e. The van der Waals surface area contributed by atoms with Crippen LogP contribution in [0.25, 0.3) is 0 Å². The van der Waals surface area contributed by atoms with E-state index in [9.17, 15) is 13.2 Å². The highest BCUT2D eigenvalue weighted by atomic mass is 32.2. The topological polar surface area (TPSA) is 49.9 Å². The van der Waals surface area contributed by atoms with E-state index in [0.29, 0.717) is 10.6 Å². The molecule has 0 spiro atoms. The molecule has 0 aliphatic carbocycles. The Morgan fingerprint density at radius 3 is 2.33 bits per heavy atom. The monoisotopic (exact) mass is 310 g/mol. The third-order valence-corrected chi connectivity index (χ3v) is 3.90. The maximum atomic E-state index is 13.0. The molecule has 0 atom stereocenters. The van der Waals surface area contributed by atoms with Gasteiger partial charge in [0.15, 0.2) is 0 Å². The standard InChI is InChI=1S/C15H13F3N2S/c16-15(17,18)13-8-11(6-7-12(13)14(19)20)21-9-10-4-2-1-3-5-10/h1-8H,9H2,(H3,19,20). The molecule has 2 nitrogen and oxygen atoms in total. The normalized spacial score (nSPS) is 11.4. The molecule has 0 bridgehead atoms. The average molecular weight is 310 g/mol. The Morgan fingerprint density at radius 1 is 1.10 bits per heavy atom. The fourth-order valence-electron chi connectivity index (χ4n) is 1.82. The minimum absolute atomic E-state index is 0.286. The summed E-state index contributed by atoms with van der Waals surface area (Å²) < 4.78 is 39.0. The van der Waals surface area contributed by atoms with Crippen molar-refractivity contribution in [1.82, 2.24) is 0 Å². The quantitative estimate of drug-likeness (QED) is 0.503. The van der Waals surface area contributed by atoms with E-state index in [1.54, 1.807) is 6.07 Å². The highest BCUT2D eigenvalue weighted by Gasteiger charge is 2.34. The van der Waals surface area contributed by atoms with Gasteiger partial charge in [-0.05, 0) is 23.8 Å². The lowest BCUT2D eigenvalue weighted by atomic mass is 10.1. The third-order valence-electron chi connectivity index (χ3n) is 2.83. The molecule has 6 heteroatoms. The van der Waals surface area contributed by atoms with Gasteiger partial charge in [0, 0.05) is 16.2 Å². The van der Waals surface area contributed by atoms with E-state index in [2.05, 4.69) is 0 Å². The zero-order valence-corrected chi connectivity index (χ0v) is 11.8. The van der Waals surface area contributed by atoms with E-state index in [-0.39, 0.29) is 5.56 Å². The highest BCUT2D eigenvalue weighted by molar-refractivity contribution is 7.98. The number of nitrogen functional groups attached to an aromatic ring is 1. The first-order chi connectivity index (χ1) is 9.88. The Morgan fingerprint density at radius 2 is 1.76 bits per heavy atom. The van der Waals surface area contributed by atoms with E-state index >= 15 is 0 Å². The van der Waals surface area contributed by atoms with Crippen molar-refractivity contribution in [3.05, 3.63) is 65.2 Å². The third kappa shape index (κ3) is 4.01. The second-order valence-electron chi connectivity index (χ2n) is 4.39. The number of alkyl halides is 3. The van der Waals surface area contributed by atoms with Gasteiger partial charge >= 0.3 is 6.18 Å². The molecule has 21 heavy (non-hydrogen) atoms. The number of benzene rings is 2. The summed E-state index contributed by atoms with van der Waals surface area (Å²) in [6.45, 7) is 0. The van der Waals surface area contributed by atoms with E-state index in [1.165, 1.54) is 17.8 Å². The molecule has 0 heterocycles. The summed E-state index contributed by atoms with van der Waals surface area (Å²) in [4.78, 5) is 0.496. The highest BCUT2D eigenvalue weighted by Crippen LogP contribution is 2.35. The number of nitrogens with one attached hydrogen (secondary N) is 1. The van der Waals surface area contributed by atoms with Gasteiger partial charge in [-0.25, -0.2) is 0 Å². The van der Waals surface area contributed by atoms with Crippen LogP contribution < -0.4 is 5.73 Å². The number of nitrogens with two attached hydrogens (primary N) is 1. The lowest BCUT2D eigenvalue weighted by Gasteiger charge is -2.13. The molecule has 0 aliphatic rings. The van der Waals surface area contributed by atoms with Crippen molar-refractivity contribution in [3.8, 4) is 0 Å². The summed E-state index contributed by atoms with van der Waals surface area (Å²) in [6, 6.07) is 13.3. The van der Waals surface area contributed by atoms with Crippen LogP contribution in [0, 0.1) is 5.41 Å². The summed E-state index contributed by atoms with van der Waals surface area (Å²) in [5.41, 5.74) is 5.08. The van der Waals surface area contributed by atoms with Crippen LogP contribution in [0.3, 0.4) is 0 Å². The molecule has 0 saturated heterocycles. The fraction of sp³-hybridized carbons (Fsp3) is 0.133. The lowest BCUT2D eigenvalue weighted by Crippen LogP contribution is -2.18. The van der Waals surface area contributed by atoms with Crippen LogP contribution in [0.1, 0.15) is 16.7 Å². The van der Waals surface area contributed by atoms with Crippen molar-refractivity contribution >= 4 is 17.6 Å². The number of thioether (sulfide) groups is 1. The van der Waals surface area contributed by atoms with Gasteiger partial charge in [0.25, 0.3) is 0 Å². The SMILES string of the molecule is N=C(N)c1ccc(SCc2ccccc2)cc1C(F)(F)F. The first-order valence-electron chi connectivity index (χ1n) is 6.10. The minimum Gasteiger partial charge on any atom is -0.384 e. The van der Waals surface area contributed by atoms with Crippen LogP contribution in [-0.2, 0) is 11.9 Å². The summed E-state index contributed by atoms with van der Waals surface area (Å²) >= 11 is 1.31. The Hall–Kier alpha value is -1.95. The number of amidine groups is 1. The average Bonchev–Trinajstić information content (AvgIpc) is 2.45. The van der Waals surface area contributed by atoms with Gasteiger partial charge in [0.2, 0.25) is 0 Å². The molecule has 0 unspecified atom stereocenters. The molecule has 0 amide bonds. The maximum absolute atomic E-state index is 13.0. The Kier molecular flexibility index (Phi) is 4.57. The van der Waals surface area contributed by atoms with Crippen LogP contribution in [-0.4, -0.2) is 5.84 Å².